The summed E-state index contributed by atoms with van der Waals surface area (Å²) in [4.78, 5) is 41.5. The molecule has 18 heteroatoms. The van der Waals surface area contributed by atoms with Crippen LogP contribution in [0, 0.1) is 23.0 Å². The van der Waals surface area contributed by atoms with Gasteiger partial charge in [-0.05, 0) is 85.4 Å². The van der Waals surface area contributed by atoms with Gasteiger partial charge in [0, 0.05) is 37.0 Å². The zero-order valence-corrected chi connectivity index (χ0v) is 36.1. The molecule has 2 aromatic heterocycles. The molecule has 320 valence electrons. The van der Waals surface area contributed by atoms with Gasteiger partial charge in [0.1, 0.15) is 52.2 Å². The summed E-state index contributed by atoms with van der Waals surface area (Å²) in [5.41, 5.74) is -2.64. The number of benzene rings is 2. The standard InChI is InChI=1S/C42H47ClF3N7O6S/c1-40(2,3)58-38(54)50-36-25(16-47)27-24(11-12-26(45)34(27)60-36)28-30(43)33(56-7)29-32(31(28)46)48-37(57-20-42-13-8-14-52(42)17-21(44)15-42)49-35(29)51-18-22-9-10-23(19-51)53(22)39(55)59-41(4,5)6/h11-12,21-23H,8-10,13-15,17-20H2,1-7H3,(H,50,54)/t21-,22?,23?,42+/m1/s1. The number of piperazine rings is 1. The maximum Gasteiger partial charge on any atom is 0.412 e. The molecule has 4 aliphatic heterocycles. The second kappa shape index (κ2) is 15.3. The number of alkyl halides is 1. The first kappa shape index (κ1) is 41.9. The number of fused-ring (bicyclic) bond motifs is 5. The Balaban J connectivity index is 1.28. The van der Waals surface area contributed by atoms with Crippen molar-refractivity contribution in [2.75, 3.05) is 50.1 Å². The topological polar surface area (TPSA) is 142 Å². The number of ether oxygens (including phenoxy) is 4. The van der Waals surface area contributed by atoms with Crippen LogP contribution in [0.25, 0.3) is 32.1 Å². The molecule has 4 fully saturated rings. The van der Waals surface area contributed by atoms with Crippen LogP contribution < -0.4 is 19.7 Å². The summed E-state index contributed by atoms with van der Waals surface area (Å²) in [6, 6.07) is 3.84. The van der Waals surface area contributed by atoms with Gasteiger partial charge in [-0.1, -0.05) is 17.7 Å². The highest BCUT2D eigenvalue weighted by molar-refractivity contribution is 7.23. The predicted molar refractivity (Wildman–Crippen MR) is 222 cm³/mol. The van der Waals surface area contributed by atoms with Crippen molar-refractivity contribution in [3.63, 3.8) is 0 Å². The van der Waals surface area contributed by atoms with Gasteiger partial charge < -0.3 is 23.8 Å². The number of amides is 2. The molecular weight excluding hydrogens is 823 g/mol. The van der Waals surface area contributed by atoms with Gasteiger partial charge in [0.2, 0.25) is 0 Å². The Bertz CT molecular complexity index is 2440. The van der Waals surface area contributed by atoms with Crippen LogP contribution in [0.4, 0.5) is 33.6 Å². The van der Waals surface area contributed by atoms with Crippen molar-refractivity contribution in [2.45, 2.75) is 109 Å². The van der Waals surface area contributed by atoms with E-state index in [9.17, 15) is 19.2 Å². The summed E-state index contributed by atoms with van der Waals surface area (Å²) < 4.78 is 71.5. The summed E-state index contributed by atoms with van der Waals surface area (Å²) in [5.74, 6) is -1.35. The molecule has 13 nitrogen and oxygen atoms in total. The summed E-state index contributed by atoms with van der Waals surface area (Å²) in [7, 11) is 1.37. The number of methoxy groups -OCH3 is 1. The number of thiophene rings is 1. The predicted octanol–water partition coefficient (Wildman–Crippen LogP) is 9.21. The number of nitriles is 1. The number of anilines is 2. The number of nitrogens with one attached hydrogen (secondary N) is 1. The lowest BCUT2D eigenvalue weighted by Crippen LogP contribution is -2.57. The highest BCUT2D eigenvalue weighted by atomic mass is 35.5. The van der Waals surface area contributed by atoms with Gasteiger partial charge in [0.05, 0.1) is 45.4 Å². The number of carbonyl (C=O) groups is 2. The number of aromatic nitrogens is 2. The fourth-order valence-corrected chi connectivity index (χ4v) is 10.7. The van der Waals surface area contributed by atoms with Gasteiger partial charge in [-0.2, -0.15) is 15.2 Å². The lowest BCUT2D eigenvalue weighted by atomic mass is 9.95. The van der Waals surface area contributed by atoms with Gasteiger partial charge >= 0.3 is 18.2 Å². The van der Waals surface area contributed by atoms with Crippen molar-refractivity contribution in [3.05, 3.63) is 34.4 Å². The minimum absolute atomic E-state index is 0.000555. The van der Waals surface area contributed by atoms with Crippen LogP contribution in [0.3, 0.4) is 0 Å². The van der Waals surface area contributed by atoms with Crippen LogP contribution >= 0.6 is 22.9 Å². The van der Waals surface area contributed by atoms with E-state index >= 15 is 8.78 Å². The van der Waals surface area contributed by atoms with Crippen molar-refractivity contribution in [3.8, 4) is 29.0 Å². The molecule has 0 radical (unpaired) electrons. The minimum atomic E-state index is -1.01. The molecule has 8 rings (SSSR count). The van der Waals surface area contributed by atoms with Gasteiger partial charge in [-0.15, -0.1) is 11.3 Å². The molecule has 2 unspecified atom stereocenters. The van der Waals surface area contributed by atoms with E-state index in [1.54, 1.807) is 25.7 Å². The lowest BCUT2D eigenvalue weighted by Gasteiger charge is -2.42. The molecule has 1 N–H and O–H groups in total. The molecular formula is C42H47ClF3N7O6S. The van der Waals surface area contributed by atoms with E-state index in [1.165, 1.54) is 13.2 Å². The monoisotopic (exact) mass is 869 g/mol. The number of hydrogen-bond donors (Lipinski definition) is 1. The Kier molecular flexibility index (Phi) is 10.7. The Morgan fingerprint density at radius 1 is 1.05 bits per heavy atom. The third kappa shape index (κ3) is 7.48. The van der Waals surface area contributed by atoms with Crippen LogP contribution in [0.5, 0.6) is 11.8 Å². The summed E-state index contributed by atoms with van der Waals surface area (Å²) in [6.45, 7) is 12.2. The number of carbonyl (C=O) groups excluding carboxylic acids is 2. The molecule has 4 atom stereocenters. The molecule has 6 heterocycles. The summed E-state index contributed by atoms with van der Waals surface area (Å²) >= 11 is 7.95. The molecule has 2 amide bonds. The second-order valence-electron chi connectivity index (χ2n) is 18.0. The normalized spacial score (nSPS) is 22.9. The first-order valence-corrected chi connectivity index (χ1v) is 21.2. The van der Waals surface area contributed by atoms with Gasteiger partial charge in [-0.25, -0.2) is 22.8 Å². The SMILES string of the molecule is COc1c(Cl)c(-c2ccc(F)c3sc(NC(=O)OC(C)(C)C)c(C#N)c23)c(F)c2nc(OC[C@@]34CCCN3C[C@H](F)C4)nc(N3CC4CCC(C3)N4C(=O)OC(C)(C)C)c12. The molecule has 60 heavy (non-hydrogen) atoms. The lowest BCUT2D eigenvalue weighted by molar-refractivity contribution is 0.0122. The van der Waals surface area contributed by atoms with Crippen LogP contribution in [0.2, 0.25) is 5.02 Å². The molecule has 4 aliphatic rings. The maximum atomic E-state index is 17.7. The van der Waals surface area contributed by atoms with Crippen LogP contribution in [-0.2, 0) is 9.47 Å². The van der Waals surface area contributed by atoms with E-state index < -0.39 is 46.7 Å². The minimum Gasteiger partial charge on any atom is -0.494 e. The number of rotatable bonds is 7. The Labute approximate surface area is 354 Å². The molecule has 2 aromatic carbocycles. The highest BCUT2D eigenvalue weighted by Gasteiger charge is 2.50. The van der Waals surface area contributed by atoms with Crippen molar-refractivity contribution < 1.29 is 41.7 Å². The zero-order chi connectivity index (χ0) is 43.1. The molecule has 4 aromatic rings. The van der Waals surface area contributed by atoms with Gasteiger partial charge in [-0.3, -0.25) is 15.1 Å². The van der Waals surface area contributed by atoms with Gasteiger partial charge in [0.15, 0.2) is 11.6 Å². The van der Waals surface area contributed by atoms with E-state index in [4.69, 9.17) is 35.5 Å². The van der Waals surface area contributed by atoms with Crippen LogP contribution in [-0.4, -0.2) is 107 Å². The van der Waals surface area contributed by atoms with Crippen molar-refractivity contribution >= 4 is 66.9 Å². The number of hydrogen-bond acceptors (Lipinski definition) is 12. The molecule has 2 bridgehead atoms. The highest BCUT2D eigenvalue weighted by Crippen LogP contribution is 2.51. The van der Waals surface area contributed by atoms with Crippen LogP contribution in [0.1, 0.15) is 79.2 Å². The first-order valence-electron chi connectivity index (χ1n) is 20.0. The first-order chi connectivity index (χ1) is 28.3. The number of halogens is 4. The molecule has 0 spiro atoms. The maximum absolute atomic E-state index is 17.7. The quantitative estimate of drug-likeness (QED) is 0.190. The zero-order valence-electron chi connectivity index (χ0n) is 34.5. The fraction of sp³-hybridized carbons (Fsp3) is 0.548. The summed E-state index contributed by atoms with van der Waals surface area (Å²) in [5, 5.41) is 12.9. The van der Waals surface area contributed by atoms with Gasteiger partial charge in [0.25, 0.3) is 0 Å². The van der Waals surface area contributed by atoms with E-state index in [1.807, 2.05) is 31.7 Å². The van der Waals surface area contributed by atoms with E-state index in [-0.39, 0.29) is 84.0 Å². The Hall–Kier alpha value is -4.79. The Morgan fingerprint density at radius 3 is 2.40 bits per heavy atom. The molecule has 0 aliphatic carbocycles. The fourth-order valence-electron chi connectivity index (χ4n) is 9.26. The van der Waals surface area contributed by atoms with Crippen molar-refractivity contribution in [2.24, 2.45) is 0 Å². The van der Waals surface area contributed by atoms with E-state index in [2.05, 4.69) is 15.2 Å². The Morgan fingerprint density at radius 2 is 1.75 bits per heavy atom. The van der Waals surface area contributed by atoms with E-state index in [0.29, 0.717) is 38.9 Å². The number of nitrogens with zero attached hydrogens (tertiary/aromatic N) is 6. The largest absolute Gasteiger partial charge is 0.494 e. The average molecular weight is 870 g/mol. The molecule has 4 saturated heterocycles. The second-order valence-corrected chi connectivity index (χ2v) is 19.4. The average Bonchev–Trinajstić information content (AvgIpc) is 3.88. The van der Waals surface area contributed by atoms with Crippen molar-refractivity contribution in [1.29, 1.82) is 5.26 Å². The van der Waals surface area contributed by atoms with E-state index in [0.717, 1.165) is 36.8 Å². The van der Waals surface area contributed by atoms with Crippen LogP contribution in [0.15, 0.2) is 12.1 Å². The smallest absolute Gasteiger partial charge is 0.412 e. The van der Waals surface area contributed by atoms with Crippen molar-refractivity contribution in [1.82, 2.24) is 19.8 Å². The third-order valence-corrected chi connectivity index (χ3v) is 13.0. The summed E-state index contributed by atoms with van der Waals surface area (Å²) in [6.07, 6.45) is 1.03. The third-order valence-electron chi connectivity index (χ3n) is 11.6. The molecule has 0 saturated carbocycles.